The molecular formula is C11H15N. The molecule has 0 spiro atoms. The van der Waals surface area contributed by atoms with Gasteiger partial charge < -0.3 is 5.32 Å². The van der Waals surface area contributed by atoms with Crippen LogP contribution < -0.4 is 5.32 Å². The Morgan fingerprint density at radius 2 is 2.08 bits per heavy atom. The summed E-state index contributed by atoms with van der Waals surface area (Å²) in [5.74, 6) is 0. The second kappa shape index (κ2) is 2.81. The summed E-state index contributed by atoms with van der Waals surface area (Å²) < 4.78 is 0. The molecule has 1 fully saturated rings. The quantitative estimate of drug-likeness (QED) is 0.623. The molecule has 0 radical (unpaired) electrons. The molecule has 1 aliphatic carbocycles. The highest BCUT2D eigenvalue weighted by molar-refractivity contribution is 5.26. The van der Waals surface area contributed by atoms with E-state index in [4.69, 9.17) is 0 Å². The average molecular weight is 161 g/mol. The zero-order valence-corrected chi connectivity index (χ0v) is 7.51. The minimum absolute atomic E-state index is 0.430. The molecular weight excluding hydrogens is 146 g/mol. The Morgan fingerprint density at radius 3 is 2.75 bits per heavy atom. The van der Waals surface area contributed by atoms with Crippen LogP contribution in [0.1, 0.15) is 26.2 Å². The van der Waals surface area contributed by atoms with E-state index in [9.17, 15) is 0 Å². The number of hydrogen-bond acceptors (Lipinski definition) is 1. The van der Waals surface area contributed by atoms with Gasteiger partial charge in [0.05, 0.1) is 0 Å². The van der Waals surface area contributed by atoms with Gasteiger partial charge in [-0.15, -0.1) is 0 Å². The monoisotopic (exact) mass is 161 g/mol. The molecule has 0 aromatic carbocycles. The minimum atomic E-state index is 0.430. The van der Waals surface area contributed by atoms with Crippen LogP contribution in [-0.4, -0.2) is 0 Å². The van der Waals surface area contributed by atoms with E-state index in [-0.39, 0.29) is 0 Å². The van der Waals surface area contributed by atoms with Crippen LogP contribution in [0.3, 0.4) is 0 Å². The summed E-state index contributed by atoms with van der Waals surface area (Å²) in [5.41, 5.74) is 1.80. The van der Waals surface area contributed by atoms with Crippen molar-refractivity contribution < 1.29 is 0 Å². The normalized spacial score (nSPS) is 25.2. The Hall–Kier alpha value is -0.980. The Morgan fingerprint density at radius 1 is 1.25 bits per heavy atom. The maximum atomic E-state index is 3.34. The fourth-order valence-electron chi connectivity index (χ4n) is 1.81. The molecule has 2 rings (SSSR count). The summed E-state index contributed by atoms with van der Waals surface area (Å²) in [6.45, 7) is 2.34. The average Bonchev–Trinajstić information content (AvgIpc) is 2.27. The van der Waals surface area contributed by atoms with Gasteiger partial charge in [-0.2, -0.15) is 0 Å². The molecule has 1 N–H and O–H groups in total. The lowest BCUT2D eigenvalue weighted by atomic mass is 9.68. The third-order valence-corrected chi connectivity index (χ3v) is 2.93. The Balaban J connectivity index is 2.17. The standard InChI is InChI=1S/C11H15N/c1-11(7-5-8-11)10-6-3-2-4-9-12-10/h2-4,6,9,12H,5,7-8H2,1H3. The Labute approximate surface area is 73.9 Å². The van der Waals surface area contributed by atoms with Gasteiger partial charge in [0.25, 0.3) is 0 Å². The molecule has 0 amide bonds. The van der Waals surface area contributed by atoms with Gasteiger partial charge in [0.1, 0.15) is 0 Å². The van der Waals surface area contributed by atoms with Gasteiger partial charge in [-0.05, 0) is 25.0 Å². The predicted molar refractivity (Wildman–Crippen MR) is 51.5 cm³/mol. The second-order valence-electron chi connectivity index (χ2n) is 3.88. The molecule has 12 heavy (non-hydrogen) atoms. The van der Waals surface area contributed by atoms with Crippen molar-refractivity contribution in [3.63, 3.8) is 0 Å². The first-order chi connectivity index (χ1) is 5.81. The van der Waals surface area contributed by atoms with E-state index in [0.29, 0.717) is 5.41 Å². The van der Waals surface area contributed by atoms with Crippen molar-refractivity contribution in [3.8, 4) is 0 Å². The van der Waals surface area contributed by atoms with Gasteiger partial charge in [0.2, 0.25) is 0 Å². The van der Waals surface area contributed by atoms with Crippen molar-refractivity contribution in [1.29, 1.82) is 0 Å². The fourth-order valence-corrected chi connectivity index (χ4v) is 1.81. The van der Waals surface area contributed by atoms with E-state index in [2.05, 4.69) is 30.5 Å². The molecule has 0 unspecified atom stereocenters. The van der Waals surface area contributed by atoms with Gasteiger partial charge in [0.15, 0.2) is 0 Å². The molecule has 64 valence electrons. The number of nitrogens with one attached hydrogen (secondary N) is 1. The molecule has 0 atom stereocenters. The molecule has 0 aromatic rings. The van der Waals surface area contributed by atoms with E-state index in [1.165, 1.54) is 25.0 Å². The first-order valence-corrected chi connectivity index (χ1v) is 4.62. The van der Waals surface area contributed by atoms with Crippen LogP contribution in [0.4, 0.5) is 0 Å². The van der Waals surface area contributed by atoms with E-state index in [1.807, 2.05) is 12.3 Å². The number of rotatable bonds is 1. The zero-order chi connectivity index (χ0) is 8.44. The minimum Gasteiger partial charge on any atom is -0.365 e. The second-order valence-corrected chi connectivity index (χ2v) is 3.88. The van der Waals surface area contributed by atoms with Crippen molar-refractivity contribution in [1.82, 2.24) is 5.32 Å². The van der Waals surface area contributed by atoms with E-state index in [0.717, 1.165) is 0 Å². The largest absolute Gasteiger partial charge is 0.365 e. The van der Waals surface area contributed by atoms with E-state index < -0.39 is 0 Å². The van der Waals surface area contributed by atoms with Crippen LogP contribution in [-0.2, 0) is 0 Å². The third kappa shape index (κ3) is 1.20. The first-order valence-electron chi connectivity index (χ1n) is 4.62. The predicted octanol–water partition coefficient (Wildman–Crippen LogP) is 2.73. The summed E-state index contributed by atoms with van der Waals surface area (Å²) in [7, 11) is 0. The summed E-state index contributed by atoms with van der Waals surface area (Å²) in [6.07, 6.45) is 14.4. The summed E-state index contributed by atoms with van der Waals surface area (Å²) in [4.78, 5) is 0. The Bertz CT molecular complexity index is 254. The lowest BCUT2D eigenvalue weighted by Gasteiger charge is -2.40. The molecule has 1 heterocycles. The molecule has 0 saturated heterocycles. The molecule has 1 aliphatic heterocycles. The molecule has 0 bridgehead atoms. The smallest absolute Gasteiger partial charge is 0.0206 e. The lowest BCUT2D eigenvalue weighted by molar-refractivity contribution is 0.206. The summed E-state index contributed by atoms with van der Waals surface area (Å²) >= 11 is 0. The fraction of sp³-hybridized carbons (Fsp3) is 0.455. The van der Waals surface area contributed by atoms with Crippen LogP contribution >= 0.6 is 0 Å². The third-order valence-electron chi connectivity index (χ3n) is 2.93. The van der Waals surface area contributed by atoms with Crippen LogP contribution in [0.25, 0.3) is 0 Å². The van der Waals surface area contributed by atoms with Crippen molar-refractivity contribution in [2.75, 3.05) is 0 Å². The highest BCUT2D eigenvalue weighted by atomic mass is 14.9. The molecule has 0 aromatic heterocycles. The van der Waals surface area contributed by atoms with Gasteiger partial charge in [-0.1, -0.05) is 25.5 Å². The SMILES string of the molecule is CC1(C2=CC=CC=CN2)CCC1. The maximum absolute atomic E-state index is 3.34. The lowest BCUT2D eigenvalue weighted by Crippen LogP contribution is -2.33. The first kappa shape index (κ1) is 7.66. The maximum Gasteiger partial charge on any atom is 0.0206 e. The number of hydrogen-bond donors (Lipinski definition) is 1. The van der Waals surface area contributed by atoms with Gasteiger partial charge in [-0.25, -0.2) is 0 Å². The number of allylic oxidation sites excluding steroid dienone is 5. The van der Waals surface area contributed by atoms with Gasteiger partial charge in [0, 0.05) is 17.3 Å². The highest BCUT2D eigenvalue weighted by Gasteiger charge is 2.35. The highest BCUT2D eigenvalue weighted by Crippen LogP contribution is 2.45. The molecule has 2 aliphatic rings. The molecule has 1 nitrogen and oxygen atoms in total. The van der Waals surface area contributed by atoms with Crippen molar-refractivity contribution in [2.45, 2.75) is 26.2 Å². The van der Waals surface area contributed by atoms with Crippen LogP contribution in [0, 0.1) is 5.41 Å². The van der Waals surface area contributed by atoms with Crippen LogP contribution in [0.5, 0.6) is 0 Å². The molecule has 1 saturated carbocycles. The molecule has 1 heteroatoms. The van der Waals surface area contributed by atoms with Gasteiger partial charge in [-0.3, -0.25) is 0 Å². The van der Waals surface area contributed by atoms with Crippen LogP contribution in [0.2, 0.25) is 0 Å². The zero-order valence-electron chi connectivity index (χ0n) is 7.51. The van der Waals surface area contributed by atoms with E-state index in [1.54, 1.807) is 0 Å². The van der Waals surface area contributed by atoms with Crippen molar-refractivity contribution >= 4 is 0 Å². The van der Waals surface area contributed by atoms with Crippen LogP contribution in [0.15, 0.2) is 36.2 Å². The van der Waals surface area contributed by atoms with E-state index >= 15 is 0 Å². The van der Waals surface area contributed by atoms with Crippen molar-refractivity contribution in [3.05, 3.63) is 36.2 Å². The topological polar surface area (TPSA) is 12.0 Å². The summed E-state index contributed by atoms with van der Waals surface area (Å²) in [6, 6.07) is 0. The van der Waals surface area contributed by atoms with Gasteiger partial charge >= 0.3 is 0 Å². The summed E-state index contributed by atoms with van der Waals surface area (Å²) in [5, 5.41) is 3.34. The van der Waals surface area contributed by atoms with Crippen molar-refractivity contribution in [2.24, 2.45) is 5.41 Å². The Kier molecular flexibility index (Phi) is 1.80.